The molecular formula is C15H21N3O3. The van der Waals surface area contributed by atoms with Crippen LogP contribution in [0.1, 0.15) is 31.7 Å². The highest BCUT2D eigenvalue weighted by Crippen LogP contribution is 2.17. The molecule has 0 saturated carbocycles. The second-order valence-electron chi connectivity index (χ2n) is 5.34. The Morgan fingerprint density at radius 3 is 2.90 bits per heavy atom. The van der Waals surface area contributed by atoms with E-state index in [0.717, 1.165) is 23.8 Å². The van der Waals surface area contributed by atoms with Gasteiger partial charge in [-0.1, -0.05) is 31.9 Å². The minimum atomic E-state index is -0.472. The summed E-state index contributed by atoms with van der Waals surface area (Å²) in [4.78, 5) is 39.9. The number of rotatable bonds is 5. The van der Waals surface area contributed by atoms with Gasteiger partial charge in [0.1, 0.15) is 0 Å². The molecule has 0 saturated heterocycles. The Morgan fingerprint density at radius 2 is 2.19 bits per heavy atom. The molecule has 0 aliphatic carbocycles. The topological polar surface area (TPSA) is 75.2 Å². The normalized spacial score (nSPS) is 17.4. The Kier molecular flexibility index (Phi) is 4.77. The Balaban J connectivity index is 2.10. The van der Waals surface area contributed by atoms with Gasteiger partial charge in [0, 0.05) is 25.4 Å². The van der Waals surface area contributed by atoms with Crippen LogP contribution in [0, 0.1) is 0 Å². The molecule has 1 amide bonds. The molecule has 6 nitrogen and oxygen atoms in total. The Labute approximate surface area is 123 Å². The number of aromatic amines is 1. The highest BCUT2D eigenvalue weighted by molar-refractivity contribution is 5.79. The second-order valence-corrected chi connectivity index (χ2v) is 5.34. The van der Waals surface area contributed by atoms with E-state index in [1.54, 1.807) is 4.90 Å². The van der Waals surface area contributed by atoms with Crippen LogP contribution < -0.4 is 11.2 Å². The van der Waals surface area contributed by atoms with E-state index in [0.29, 0.717) is 12.1 Å². The minimum Gasteiger partial charge on any atom is -0.332 e. The van der Waals surface area contributed by atoms with Crippen LogP contribution in [0.4, 0.5) is 0 Å². The van der Waals surface area contributed by atoms with Crippen molar-refractivity contribution in [2.45, 2.75) is 38.6 Å². The summed E-state index contributed by atoms with van der Waals surface area (Å²) in [5.41, 5.74) is -0.563. The molecule has 1 atom stereocenters. The number of nitrogens with zero attached hydrogens (tertiary/aromatic N) is 2. The fourth-order valence-corrected chi connectivity index (χ4v) is 2.53. The van der Waals surface area contributed by atoms with Gasteiger partial charge in [0.15, 0.2) is 0 Å². The van der Waals surface area contributed by atoms with E-state index in [4.69, 9.17) is 0 Å². The van der Waals surface area contributed by atoms with Gasteiger partial charge in [0.2, 0.25) is 5.91 Å². The number of amides is 1. The smallest absolute Gasteiger partial charge is 0.328 e. The van der Waals surface area contributed by atoms with Gasteiger partial charge in [0.05, 0.1) is 12.5 Å². The molecule has 114 valence electrons. The van der Waals surface area contributed by atoms with Crippen LogP contribution in [0.2, 0.25) is 0 Å². The summed E-state index contributed by atoms with van der Waals surface area (Å²) in [6, 6.07) is 0.129. The van der Waals surface area contributed by atoms with Crippen molar-refractivity contribution >= 4 is 5.91 Å². The Hall–Kier alpha value is -2.11. The summed E-state index contributed by atoms with van der Waals surface area (Å²) in [5.74, 6) is -0.0785. The van der Waals surface area contributed by atoms with Gasteiger partial charge in [-0.15, -0.1) is 0 Å². The highest BCUT2D eigenvalue weighted by atomic mass is 16.2. The van der Waals surface area contributed by atoms with Crippen LogP contribution in [-0.4, -0.2) is 32.9 Å². The van der Waals surface area contributed by atoms with Crippen molar-refractivity contribution in [2.75, 3.05) is 6.54 Å². The third kappa shape index (κ3) is 3.32. The monoisotopic (exact) mass is 291 g/mol. The highest BCUT2D eigenvalue weighted by Gasteiger charge is 2.24. The lowest BCUT2D eigenvalue weighted by Gasteiger charge is -2.24. The molecule has 6 heteroatoms. The molecule has 2 rings (SSSR count). The van der Waals surface area contributed by atoms with Crippen molar-refractivity contribution < 1.29 is 4.79 Å². The van der Waals surface area contributed by atoms with Crippen molar-refractivity contribution in [2.24, 2.45) is 7.05 Å². The summed E-state index contributed by atoms with van der Waals surface area (Å²) in [5, 5.41) is 0. The second kappa shape index (κ2) is 6.56. The summed E-state index contributed by atoms with van der Waals surface area (Å²) >= 11 is 0. The number of hydrogen-bond acceptors (Lipinski definition) is 3. The molecule has 1 aromatic heterocycles. The van der Waals surface area contributed by atoms with Gasteiger partial charge in [-0.25, -0.2) is 4.79 Å². The van der Waals surface area contributed by atoms with Crippen LogP contribution in [0.25, 0.3) is 0 Å². The van der Waals surface area contributed by atoms with Gasteiger partial charge in [-0.05, 0) is 6.42 Å². The number of H-pyrrole nitrogens is 1. The standard InChI is InChI=1S/C15H21N3O3/c1-3-4-6-12-7-5-8-18(12)13(19)9-11-10-16-15(21)17(2)14(11)20/h5,7,10,12H,3-4,6,8-9H2,1-2H3,(H,16,21)/t12-/m0/s1. The van der Waals surface area contributed by atoms with Crippen molar-refractivity contribution in [3.05, 3.63) is 44.8 Å². The van der Waals surface area contributed by atoms with Crippen molar-refractivity contribution in [3.8, 4) is 0 Å². The fourth-order valence-electron chi connectivity index (χ4n) is 2.53. The zero-order valence-electron chi connectivity index (χ0n) is 12.5. The van der Waals surface area contributed by atoms with Gasteiger partial charge in [-0.2, -0.15) is 0 Å². The number of aromatic nitrogens is 2. The lowest BCUT2D eigenvalue weighted by molar-refractivity contribution is -0.131. The van der Waals surface area contributed by atoms with Crippen molar-refractivity contribution in [1.82, 2.24) is 14.5 Å². The van der Waals surface area contributed by atoms with E-state index in [1.807, 2.05) is 6.08 Å². The molecule has 0 radical (unpaired) electrons. The summed E-state index contributed by atoms with van der Waals surface area (Å²) in [7, 11) is 1.40. The Bertz CT molecular complexity index is 657. The van der Waals surface area contributed by atoms with E-state index < -0.39 is 11.2 Å². The summed E-state index contributed by atoms with van der Waals surface area (Å²) in [6.07, 6.45) is 8.51. The lowest BCUT2D eigenvalue weighted by Crippen LogP contribution is -2.40. The minimum absolute atomic E-state index is 0.0216. The van der Waals surface area contributed by atoms with Gasteiger partial charge in [0.25, 0.3) is 5.56 Å². The maximum atomic E-state index is 12.4. The summed E-state index contributed by atoms with van der Waals surface area (Å²) < 4.78 is 0.986. The van der Waals surface area contributed by atoms with E-state index in [1.165, 1.54) is 13.2 Å². The largest absolute Gasteiger partial charge is 0.332 e. The zero-order chi connectivity index (χ0) is 15.4. The summed E-state index contributed by atoms with van der Waals surface area (Å²) in [6.45, 7) is 2.71. The maximum absolute atomic E-state index is 12.4. The molecule has 1 aromatic rings. The number of carbonyl (C=O) groups excluding carboxylic acids is 1. The van der Waals surface area contributed by atoms with Gasteiger partial charge < -0.3 is 9.88 Å². The SMILES string of the molecule is CCCC[C@H]1C=CCN1C(=O)Cc1c[nH]c(=O)n(C)c1=O. The van der Waals surface area contributed by atoms with Crippen LogP contribution in [0.5, 0.6) is 0 Å². The molecule has 1 aliphatic heterocycles. The first-order chi connectivity index (χ1) is 10.0. The first-order valence-electron chi connectivity index (χ1n) is 7.28. The Morgan fingerprint density at radius 1 is 1.43 bits per heavy atom. The number of nitrogens with one attached hydrogen (secondary N) is 1. The van der Waals surface area contributed by atoms with E-state index in [9.17, 15) is 14.4 Å². The molecule has 0 spiro atoms. The average Bonchev–Trinajstić information content (AvgIpc) is 2.94. The van der Waals surface area contributed by atoms with E-state index >= 15 is 0 Å². The lowest BCUT2D eigenvalue weighted by atomic mass is 10.1. The van der Waals surface area contributed by atoms with E-state index in [2.05, 4.69) is 18.0 Å². The predicted molar refractivity (Wildman–Crippen MR) is 80.2 cm³/mol. The van der Waals surface area contributed by atoms with Crippen LogP contribution in [0.15, 0.2) is 27.9 Å². The quantitative estimate of drug-likeness (QED) is 0.806. The van der Waals surface area contributed by atoms with Gasteiger partial charge in [-0.3, -0.25) is 14.2 Å². The third-order valence-corrected chi connectivity index (χ3v) is 3.83. The molecule has 1 aliphatic rings. The first kappa shape index (κ1) is 15.3. The molecule has 0 aromatic carbocycles. The molecule has 0 bridgehead atoms. The molecule has 0 fully saturated rings. The molecule has 1 N–H and O–H groups in total. The molecule has 2 heterocycles. The maximum Gasteiger partial charge on any atom is 0.328 e. The fraction of sp³-hybridized carbons (Fsp3) is 0.533. The van der Waals surface area contributed by atoms with Crippen LogP contribution >= 0.6 is 0 Å². The van der Waals surface area contributed by atoms with E-state index in [-0.39, 0.29) is 18.4 Å². The first-order valence-corrected chi connectivity index (χ1v) is 7.28. The van der Waals surface area contributed by atoms with Crippen molar-refractivity contribution in [1.29, 1.82) is 0 Å². The van der Waals surface area contributed by atoms with Crippen molar-refractivity contribution in [3.63, 3.8) is 0 Å². The van der Waals surface area contributed by atoms with Crippen LogP contribution in [0.3, 0.4) is 0 Å². The molecule has 0 unspecified atom stereocenters. The van der Waals surface area contributed by atoms with Gasteiger partial charge >= 0.3 is 5.69 Å². The third-order valence-electron chi connectivity index (χ3n) is 3.83. The molecule has 21 heavy (non-hydrogen) atoms. The number of unbranched alkanes of at least 4 members (excludes halogenated alkanes) is 1. The molecular weight excluding hydrogens is 270 g/mol. The zero-order valence-corrected chi connectivity index (χ0v) is 12.5. The van der Waals surface area contributed by atoms with Crippen LogP contribution in [-0.2, 0) is 18.3 Å². The number of carbonyl (C=O) groups is 1. The number of hydrogen-bond donors (Lipinski definition) is 1. The predicted octanol–water partition coefficient (Wildman–Crippen LogP) is 0.573. The average molecular weight is 291 g/mol.